The molecule has 0 saturated heterocycles. The number of carbonyl (C=O) groups is 1. The number of hydrogen-bond donors (Lipinski definition) is 1. The summed E-state index contributed by atoms with van der Waals surface area (Å²) in [5.74, 6) is -0.857. The van der Waals surface area contributed by atoms with Crippen molar-refractivity contribution < 1.29 is 14.5 Å². The van der Waals surface area contributed by atoms with Gasteiger partial charge >= 0.3 is 5.97 Å². The lowest BCUT2D eigenvalue weighted by molar-refractivity contribution is -0.685. The van der Waals surface area contributed by atoms with Gasteiger partial charge < -0.3 is 5.11 Å². The van der Waals surface area contributed by atoms with E-state index in [-0.39, 0.29) is 6.54 Å². The van der Waals surface area contributed by atoms with E-state index in [2.05, 4.69) is 10.2 Å². The Balaban J connectivity index is 2.22. The number of aryl methyl sites for hydroxylation is 1. The van der Waals surface area contributed by atoms with Crippen LogP contribution in [0.3, 0.4) is 0 Å². The quantitative estimate of drug-likeness (QED) is 0.803. The van der Waals surface area contributed by atoms with Gasteiger partial charge in [-0.05, 0) is 6.92 Å². The third-order valence-corrected chi connectivity index (χ3v) is 2.87. The Morgan fingerprint density at radius 2 is 2.12 bits per heavy atom. The second-order valence-corrected chi connectivity index (χ2v) is 4.46. The summed E-state index contributed by atoms with van der Waals surface area (Å²) in [6.07, 6.45) is 3.44. The van der Waals surface area contributed by atoms with Gasteiger partial charge in [-0.25, -0.2) is 4.79 Å². The SMILES string of the molecule is Cc1nnc(-c2cc[n+](CC(=O)O)cc2)s1. The highest BCUT2D eigenvalue weighted by Crippen LogP contribution is 2.21. The molecule has 0 aliphatic carbocycles. The van der Waals surface area contributed by atoms with Crippen molar-refractivity contribution in [2.75, 3.05) is 0 Å². The number of nitrogens with zero attached hydrogens (tertiary/aromatic N) is 3. The molecule has 0 aliphatic rings. The highest BCUT2D eigenvalue weighted by atomic mass is 32.1. The van der Waals surface area contributed by atoms with Crippen LogP contribution in [0.25, 0.3) is 10.6 Å². The average molecular weight is 236 g/mol. The first-order chi connectivity index (χ1) is 7.65. The summed E-state index contributed by atoms with van der Waals surface area (Å²) in [6.45, 7) is 1.87. The van der Waals surface area contributed by atoms with E-state index in [1.807, 2.05) is 19.1 Å². The maximum atomic E-state index is 10.5. The first-order valence-electron chi connectivity index (χ1n) is 4.66. The molecule has 0 atom stereocenters. The summed E-state index contributed by atoms with van der Waals surface area (Å²) in [5.41, 5.74) is 0.951. The van der Waals surface area contributed by atoms with Crippen LogP contribution >= 0.6 is 11.3 Å². The number of aromatic nitrogens is 3. The van der Waals surface area contributed by atoms with Crippen LogP contribution in [0.4, 0.5) is 0 Å². The van der Waals surface area contributed by atoms with Gasteiger partial charge in [0.1, 0.15) is 10.0 Å². The topological polar surface area (TPSA) is 67.0 Å². The van der Waals surface area contributed by atoms with Gasteiger partial charge in [0, 0.05) is 17.7 Å². The summed E-state index contributed by atoms with van der Waals surface area (Å²) in [5, 5.41) is 18.3. The van der Waals surface area contributed by atoms with Gasteiger partial charge in [0.2, 0.25) is 6.54 Å². The van der Waals surface area contributed by atoms with Crippen LogP contribution in [-0.2, 0) is 11.3 Å². The maximum Gasteiger partial charge on any atom is 0.370 e. The third-order valence-electron chi connectivity index (χ3n) is 1.98. The summed E-state index contributed by atoms with van der Waals surface area (Å²) in [4.78, 5) is 10.5. The summed E-state index contributed by atoms with van der Waals surface area (Å²) >= 11 is 1.51. The molecule has 16 heavy (non-hydrogen) atoms. The van der Waals surface area contributed by atoms with Crippen LogP contribution < -0.4 is 4.57 Å². The van der Waals surface area contributed by atoms with Crippen molar-refractivity contribution in [1.29, 1.82) is 0 Å². The zero-order valence-electron chi connectivity index (χ0n) is 8.62. The van der Waals surface area contributed by atoms with Crippen LogP contribution in [-0.4, -0.2) is 21.3 Å². The highest BCUT2D eigenvalue weighted by Gasteiger charge is 2.09. The molecule has 0 spiro atoms. The number of hydrogen-bond acceptors (Lipinski definition) is 4. The second-order valence-electron chi connectivity index (χ2n) is 3.28. The minimum Gasteiger partial charge on any atom is -0.477 e. The van der Waals surface area contributed by atoms with E-state index in [1.54, 1.807) is 17.0 Å². The fourth-order valence-corrected chi connectivity index (χ4v) is 1.97. The van der Waals surface area contributed by atoms with Crippen LogP contribution in [0.15, 0.2) is 24.5 Å². The van der Waals surface area contributed by atoms with Gasteiger partial charge in [-0.2, -0.15) is 4.57 Å². The molecule has 2 rings (SSSR count). The Morgan fingerprint density at radius 3 is 2.62 bits per heavy atom. The fourth-order valence-electron chi connectivity index (χ4n) is 1.27. The van der Waals surface area contributed by atoms with E-state index in [4.69, 9.17) is 5.11 Å². The van der Waals surface area contributed by atoms with Crippen LogP contribution in [0.1, 0.15) is 5.01 Å². The minimum atomic E-state index is -0.857. The Hall–Kier alpha value is -1.82. The van der Waals surface area contributed by atoms with Crippen LogP contribution in [0.2, 0.25) is 0 Å². The molecule has 2 aromatic rings. The van der Waals surface area contributed by atoms with E-state index >= 15 is 0 Å². The molecule has 2 aromatic heterocycles. The average Bonchev–Trinajstić information content (AvgIpc) is 2.65. The molecule has 1 N–H and O–H groups in total. The predicted octanol–water partition coefficient (Wildman–Crippen LogP) is 0.886. The summed E-state index contributed by atoms with van der Waals surface area (Å²) in [7, 11) is 0. The largest absolute Gasteiger partial charge is 0.477 e. The van der Waals surface area contributed by atoms with Crippen molar-refractivity contribution in [1.82, 2.24) is 10.2 Å². The van der Waals surface area contributed by atoms with Crippen molar-refractivity contribution in [3.8, 4) is 10.6 Å². The first-order valence-corrected chi connectivity index (χ1v) is 5.48. The van der Waals surface area contributed by atoms with E-state index < -0.39 is 5.97 Å². The molecular weight excluding hydrogens is 226 g/mol. The molecule has 0 saturated carbocycles. The highest BCUT2D eigenvalue weighted by molar-refractivity contribution is 7.14. The molecule has 2 heterocycles. The Morgan fingerprint density at radius 1 is 1.44 bits per heavy atom. The molecule has 5 nitrogen and oxygen atoms in total. The molecule has 0 radical (unpaired) electrons. The zero-order valence-corrected chi connectivity index (χ0v) is 9.44. The number of pyridine rings is 1. The Bertz CT molecular complexity index is 507. The van der Waals surface area contributed by atoms with E-state index in [9.17, 15) is 4.79 Å². The zero-order chi connectivity index (χ0) is 11.5. The van der Waals surface area contributed by atoms with Crippen molar-refractivity contribution in [2.24, 2.45) is 0 Å². The molecule has 0 unspecified atom stereocenters. The van der Waals surface area contributed by atoms with E-state index in [0.717, 1.165) is 15.6 Å². The summed E-state index contributed by atoms with van der Waals surface area (Å²) in [6, 6.07) is 3.67. The Kier molecular flexibility index (Phi) is 2.91. The van der Waals surface area contributed by atoms with Gasteiger partial charge in [-0.3, -0.25) is 0 Å². The molecule has 82 valence electrons. The predicted molar refractivity (Wildman–Crippen MR) is 57.9 cm³/mol. The smallest absolute Gasteiger partial charge is 0.370 e. The Labute approximate surface area is 96.0 Å². The first kappa shape index (κ1) is 10.7. The van der Waals surface area contributed by atoms with Crippen molar-refractivity contribution in [3.05, 3.63) is 29.5 Å². The fraction of sp³-hybridized carbons (Fsp3) is 0.200. The molecule has 0 amide bonds. The van der Waals surface area contributed by atoms with Gasteiger partial charge in [-0.15, -0.1) is 10.2 Å². The van der Waals surface area contributed by atoms with Gasteiger partial charge in [0.05, 0.1) is 0 Å². The molecule has 0 aliphatic heterocycles. The van der Waals surface area contributed by atoms with E-state index in [0.29, 0.717) is 0 Å². The lowest BCUT2D eigenvalue weighted by Crippen LogP contribution is -2.36. The number of carboxylic acids is 1. The van der Waals surface area contributed by atoms with E-state index in [1.165, 1.54) is 11.3 Å². The number of aliphatic carboxylic acids is 1. The lowest BCUT2D eigenvalue weighted by atomic mass is 10.3. The molecule has 0 aromatic carbocycles. The number of rotatable bonds is 3. The lowest BCUT2D eigenvalue weighted by Gasteiger charge is -1.94. The summed E-state index contributed by atoms with van der Waals surface area (Å²) < 4.78 is 1.60. The minimum absolute atomic E-state index is 0.0323. The maximum absolute atomic E-state index is 10.5. The number of carboxylic acid groups (broad SMARTS) is 1. The third kappa shape index (κ3) is 2.40. The van der Waals surface area contributed by atoms with Crippen molar-refractivity contribution in [3.63, 3.8) is 0 Å². The second kappa shape index (κ2) is 4.36. The van der Waals surface area contributed by atoms with Crippen LogP contribution in [0, 0.1) is 6.92 Å². The molecule has 0 fully saturated rings. The van der Waals surface area contributed by atoms with Gasteiger partial charge in [0.25, 0.3) is 0 Å². The normalized spacial score (nSPS) is 10.3. The standard InChI is InChI=1S/C10H9N3O2S/c1-7-11-12-10(16-7)8-2-4-13(5-3-8)6-9(14)15/h2-5H,6H2,1H3/p+1. The van der Waals surface area contributed by atoms with Crippen LogP contribution in [0.5, 0.6) is 0 Å². The van der Waals surface area contributed by atoms with Crippen molar-refractivity contribution >= 4 is 17.3 Å². The van der Waals surface area contributed by atoms with Crippen molar-refractivity contribution in [2.45, 2.75) is 13.5 Å². The molecule has 0 bridgehead atoms. The van der Waals surface area contributed by atoms with Gasteiger partial charge in [-0.1, -0.05) is 11.3 Å². The monoisotopic (exact) mass is 236 g/mol. The molecule has 6 heteroatoms. The van der Waals surface area contributed by atoms with Gasteiger partial charge in [0.15, 0.2) is 12.4 Å². The molecular formula is C10H10N3O2S+.